The fourth-order valence-electron chi connectivity index (χ4n) is 5.44. The van der Waals surface area contributed by atoms with E-state index in [0.29, 0.717) is 0 Å². The fraction of sp³-hybridized carbons (Fsp3) is 0.538. The second-order valence-electron chi connectivity index (χ2n) is 8.55. The first-order valence-corrected chi connectivity index (χ1v) is 12.9. The van der Waals surface area contributed by atoms with E-state index in [2.05, 4.69) is 36.4 Å². The Balaban J connectivity index is 0.00000256. The van der Waals surface area contributed by atoms with Gasteiger partial charge in [0.05, 0.1) is 19.8 Å². The maximum Gasteiger partial charge on any atom is 0.130 e. The molecule has 2 aromatic rings. The highest BCUT2D eigenvalue weighted by Gasteiger charge is 2.34. The highest BCUT2D eigenvalue weighted by Crippen LogP contribution is 2.57. The van der Waals surface area contributed by atoms with Gasteiger partial charge in [-0.05, 0) is 60.0 Å². The van der Waals surface area contributed by atoms with E-state index >= 15 is 0 Å². The fourth-order valence-corrected chi connectivity index (χ4v) is 9.39. The van der Waals surface area contributed by atoms with Crippen LogP contribution in [0.25, 0.3) is 11.1 Å². The second-order valence-corrected chi connectivity index (χ2v) is 11.3. The smallest absolute Gasteiger partial charge is 0.130 e. The van der Waals surface area contributed by atoms with Crippen molar-refractivity contribution < 1.29 is 9.47 Å². The summed E-state index contributed by atoms with van der Waals surface area (Å²) in [6.07, 6.45) is 14.2. The molecule has 0 unspecified atom stereocenters. The van der Waals surface area contributed by atoms with Crippen molar-refractivity contribution in [2.24, 2.45) is 0 Å². The molecule has 0 radical (unpaired) electrons. The Morgan fingerprint density at radius 1 is 0.667 bits per heavy atom. The van der Waals surface area contributed by atoms with Crippen molar-refractivity contribution in [2.75, 3.05) is 14.2 Å². The zero-order valence-electron chi connectivity index (χ0n) is 18.7. The molecule has 3 N–H and O–H groups in total. The van der Waals surface area contributed by atoms with Gasteiger partial charge in [-0.25, -0.2) is 0 Å². The van der Waals surface area contributed by atoms with Gasteiger partial charge in [0.1, 0.15) is 11.5 Å². The van der Waals surface area contributed by atoms with Gasteiger partial charge in [-0.3, -0.25) is 0 Å². The molecule has 0 aromatic heterocycles. The summed E-state index contributed by atoms with van der Waals surface area (Å²) in [5.74, 6) is 1.83. The van der Waals surface area contributed by atoms with Crippen LogP contribution in [0.5, 0.6) is 11.5 Å². The number of methoxy groups -OCH3 is 2. The topological polar surface area (TPSA) is 53.5 Å². The van der Waals surface area contributed by atoms with Crippen LogP contribution in [0.4, 0.5) is 0 Å². The molecule has 0 spiro atoms. The normalized spacial score (nSPS) is 18.1. The van der Waals surface area contributed by atoms with E-state index in [1.54, 1.807) is 19.5 Å². The predicted octanol–water partition coefficient (Wildman–Crippen LogP) is 7.31. The molecule has 0 amide bonds. The lowest BCUT2D eigenvalue weighted by atomic mass is 9.99. The maximum absolute atomic E-state index is 5.80. The first-order chi connectivity index (χ1) is 14.3. The number of hydrogen-bond acceptors (Lipinski definition) is 3. The molecule has 30 heavy (non-hydrogen) atoms. The summed E-state index contributed by atoms with van der Waals surface area (Å²) in [6.45, 7) is 0. The van der Waals surface area contributed by atoms with Gasteiger partial charge in [0.2, 0.25) is 0 Å². The van der Waals surface area contributed by atoms with E-state index < -0.39 is 0 Å². The lowest BCUT2D eigenvalue weighted by Gasteiger charge is -2.39. The summed E-state index contributed by atoms with van der Waals surface area (Å²) < 4.78 is 11.6. The number of benzene rings is 2. The van der Waals surface area contributed by atoms with Crippen molar-refractivity contribution in [1.82, 2.24) is 6.15 Å². The summed E-state index contributed by atoms with van der Waals surface area (Å²) in [5, 5.41) is 1.59. The molecule has 2 aromatic carbocycles. The Hall–Kier alpha value is -1.57. The lowest BCUT2D eigenvalue weighted by molar-refractivity contribution is 0.397. The first-order valence-electron chi connectivity index (χ1n) is 11.4. The summed E-state index contributed by atoms with van der Waals surface area (Å²) in [5.41, 5.74) is 4.23. The molecule has 2 saturated carbocycles. The SMILES string of the molecule is COc1cccc(OC)c1-c1ccccc1P(C1CCCCC1)C1CCCCC1.N. The monoisotopic (exact) mass is 427 g/mol. The van der Waals surface area contributed by atoms with Crippen LogP contribution in [0.1, 0.15) is 64.2 Å². The Morgan fingerprint density at radius 2 is 1.17 bits per heavy atom. The van der Waals surface area contributed by atoms with E-state index in [9.17, 15) is 0 Å². The van der Waals surface area contributed by atoms with Gasteiger partial charge in [-0.2, -0.15) is 0 Å². The second kappa shape index (κ2) is 11.2. The number of rotatable bonds is 6. The van der Waals surface area contributed by atoms with Crippen molar-refractivity contribution in [3.63, 3.8) is 0 Å². The van der Waals surface area contributed by atoms with E-state index in [1.807, 2.05) is 6.07 Å². The Bertz CT molecular complexity index is 757. The molecule has 2 aliphatic rings. The van der Waals surface area contributed by atoms with Crippen LogP contribution in [0.3, 0.4) is 0 Å². The van der Waals surface area contributed by atoms with Crippen LogP contribution in [-0.2, 0) is 0 Å². The molecular formula is C26H38NO2P. The average molecular weight is 428 g/mol. The van der Waals surface area contributed by atoms with Crippen LogP contribution >= 0.6 is 7.92 Å². The van der Waals surface area contributed by atoms with Crippen LogP contribution in [0.15, 0.2) is 42.5 Å². The minimum absolute atomic E-state index is 0. The molecule has 0 saturated heterocycles. The van der Waals surface area contributed by atoms with Gasteiger partial charge in [-0.1, -0.05) is 76.8 Å². The van der Waals surface area contributed by atoms with Crippen molar-refractivity contribution in [1.29, 1.82) is 0 Å². The van der Waals surface area contributed by atoms with E-state index in [0.717, 1.165) is 28.4 Å². The van der Waals surface area contributed by atoms with E-state index in [-0.39, 0.29) is 14.1 Å². The molecule has 0 atom stereocenters. The molecule has 2 aliphatic carbocycles. The Morgan fingerprint density at radius 3 is 1.67 bits per heavy atom. The van der Waals surface area contributed by atoms with Crippen LogP contribution < -0.4 is 20.9 Å². The van der Waals surface area contributed by atoms with Crippen LogP contribution in [0.2, 0.25) is 0 Å². The van der Waals surface area contributed by atoms with Gasteiger partial charge >= 0.3 is 0 Å². The van der Waals surface area contributed by atoms with Crippen molar-refractivity contribution in [3.05, 3.63) is 42.5 Å². The van der Waals surface area contributed by atoms with Crippen LogP contribution in [-0.4, -0.2) is 25.5 Å². The lowest BCUT2D eigenvalue weighted by Crippen LogP contribution is -2.27. The minimum atomic E-state index is -0.182. The van der Waals surface area contributed by atoms with E-state index in [1.165, 1.54) is 69.8 Å². The zero-order valence-corrected chi connectivity index (χ0v) is 19.6. The molecule has 4 heteroatoms. The maximum atomic E-state index is 5.80. The summed E-state index contributed by atoms with van der Waals surface area (Å²) in [4.78, 5) is 0. The van der Waals surface area contributed by atoms with Gasteiger partial charge < -0.3 is 15.6 Å². The Kier molecular flexibility index (Phi) is 8.60. The van der Waals surface area contributed by atoms with Crippen molar-refractivity contribution in [3.8, 4) is 22.6 Å². The molecule has 0 heterocycles. The predicted molar refractivity (Wildman–Crippen MR) is 130 cm³/mol. The molecule has 164 valence electrons. The van der Waals surface area contributed by atoms with Gasteiger partial charge in [-0.15, -0.1) is 0 Å². The largest absolute Gasteiger partial charge is 0.496 e. The molecule has 3 nitrogen and oxygen atoms in total. The van der Waals surface area contributed by atoms with Crippen LogP contribution in [0, 0.1) is 0 Å². The number of ether oxygens (including phenoxy) is 2. The minimum Gasteiger partial charge on any atom is -0.496 e. The summed E-state index contributed by atoms with van der Waals surface area (Å²) >= 11 is 0. The molecular weight excluding hydrogens is 389 g/mol. The molecule has 0 bridgehead atoms. The molecule has 0 aliphatic heterocycles. The average Bonchev–Trinajstić information content (AvgIpc) is 2.80. The third kappa shape index (κ3) is 4.84. The first kappa shape index (κ1) is 23.1. The quantitative estimate of drug-likeness (QED) is 0.492. The highest BCUT2D eigenvalue weighted by atomic mass is 31.1. The molecule has 4 rings (SSSR count). The van der Waals surface area contributed by atoms with Gasteiger partial charge in [0.25, 0.3) is 0 Å². The van der Waals surface area contributed by atoms with Gasteiger partial charge in [0.15, 0.2) is 0 Å². The molecule has 2 fully saturated rings. The Labute approximate surface area is 183 Å². The van der Waals surface area contributed by atoms with E-state index in [4.69, 9.17) is 9.47 Å². The summed E-state index contributed by atoms with van der Waals surface area (Å²) in [6, 6.07) is 15.3. The summed E-state index contributed by atoms with van der Waals surface area (Å²) in [7, 11) is 3.36. The van der Waals surface area contributed by atoms with Gasteiger partial charge in [0, 0.05) is 0 Å². The zero-order chi connectivity index (χ0) is 20.1. The third-order valence-corrected chi connectivity index (χ3v) is 10.4. The highest BCUT2D eigenvalue weighted by molar-refractivity contribution is 7.67. The third-order valence-electron chi connectivity index (χ3n) is 6.82. The number of hydrogen-bond donors (Lipinski definition) is 1. The standard InChI is InChI=1S/C26H35O2P.H3N/c1-27-23-17-11-18-24(28-2)26(23)22-16-9-10-19-25(22)29(20-12-5-3-6-13-20)21-14-7-4-8-15-21;/h9-11,16-21H,3-8,12-15H2,1-2H3;1H3. The van der Waals surface area contributed by atoms with Crippen molar-refractivity contribution in [2.45, 2.75) is 75.5 Å². The van der Waals surface area contributed by atoms with Crippen molar-refractivity contribution >= 4 is 13.2 Å².